The standard InChI is InChI=1S/C21H26BrNO3/c1-25-20-12-16(11-18(22)21(20)26-2)10-17-14-23(9-8-19(17)24)13-15-6-4-3-5-7-15/h3-7,11-12,17,19,24H,8-10,13-14H2,1-2H3. The van der Waals surface area contributed by atoms with E-state index in [0.717, 1.165) is 42.5 Å². The zero-order valence-corrected chi connectivity index (χ0v) is 16.9. The van der Waals surface area contributed by atoms with Crippen LogP contribution in [-0.4, -0.2) is 43.4 Å². The predicted octanol–water partition coefficient (Wildman–Crippen LogP) is 3.89. The van der Waals surface area contributed by atoms with Crippen molar-refractivity contribution in [2.45, 2.75) is 25.5 Å². The highest BCUT2D eigenvalue weighted by atomic mass is 79.9. The van der Waals surface area contributed by atoms with Crippen LogP contribution in [0.2, 0.25) is 0 Å². The van der Waals surface area contributed by atoms with Gasteiger partial charge in [-0.1, -0.05) is 30.3 Å². The van der Waals surface area contributed by atoms with Gasteiger partial charge in [0.05, 0.1) is 24.8 Å². The number of rotatable bonds is 6. The Morgan fingerprint density at radius 2 is 1.88 bits per heavy atom. The van der Waals surface area contributed by atoms with E-state index >= 15 is 0 Å². The quantitative estimate of drug-likeness (QED) is 0.770. The lowest BCUT2D eigenvalue weighted by Gasteiger charge is -2.36. The first-order valence-electron chi connectivity index (χ1n) is 8.95. The molecule has 2 unspecified atom stereocenters. The number of aliphatic hydroxyl groups excluding tert-OH is 1. The normalized spacial score (nSPS) is 20.8. The third-order valence-corrected chi connectivity index (χ3v) is 5.61. The fourth-order valence-electron chi connectivity index (χ4n) is 3.67. The summed E-state index contributed by atoms with van der Waals surface area (Å²) in [6, 6.07) is 14.6. The average Bonchev–Trinajstić information content (AvgIpc) is 2.65. The minimum Gasteiger partial charge on any atom is -0.493 e. The highest BCUT2D eigenvalue weighted by molar-refractivity contribution is 9.10. The number of benzene rings is 2. The number of halogens is 1. The Morgan fingerprint density at radius 1 is 1.12 bits per heavy atom. The van der Waals surface area contributed by atoms with E-state index in [1.54, 1.807) is 14.2 Å². The summed E-state index contributed by atoms with van der Waals surface area (Å²) in [7, 11) is 3.28. The van der Waals surface area contributed by atoms with Crippen LogP contribution in [0.25, 0.3) is 0 Å². The van der Waals surface area contributed by atoms with Crippen LogP contribution in [-0.2, 0) is 13.0 Å². The average molecular weight is 420 g/mol. The van der Waals surface area contributed by atoms with Gasteiger partial charge in [0, 0.05) is 25.6 Å². The van der Waals surface area contributed by atoms with Crippen LogP contribution in [0.5, 0.6) is 11.5 Å². The maximum atomic E-state index is 10.5. The van der Waals surface area contributed by atoms with Gasteiger partial charge in [-0.2, -0.15) is 0 Å². The van der Waals surface area contributed by atoms with Gasteiger partial charge in [0.25, 0.3) is 0 Å². The molecule has 1 aliphatic heterocycles. The van der Waals surface area contributed by atoms with Crippen molar-refractivity contribution in [3.8, 4) is 11.5 Å². The van der Waals surface area contributed by atoms with E-state index in [0.29, 0.717) is 11.5 Å². The molecule has 0 aliphatic carbocycles. The second-order valence-corrected chi connectivity index (χ2v) is 7.71. The lowest BCUT2D eigenvalue weighted by molar-refractivity contribution is 0.0239. The van der Waals surface area contributed by atoms with Crippen LogP contribution in [0.4, 0.5) is 0 Å². The topological polar surface area (TPSA) is 41.9 Å². The zero-order chi connectivity index (χ0) is 18.5. The minimum atomic E-state index is -0.270. The summed E-state index contributed by atoms with van der Waals surface area (Å²) in [4.78, 5) is 2.43. The Bertz CT molecular complexity index is 723. The molecule has 1 fully saturated rings. The summed E-state index contributed by atoms with van der Waals surface area (Å²) in [5.74, 6) is 1.62. The second-order valence-electron chi connectivity index (χ2n) is 6.85. The van der Waals surface area contributed by atoms with Gasteiger partial charge in [0.2, 0.25) is 0 Å². The Kier molecular flexibility index (Phi) is 6.57. The smallest absolute Gasteiger partial charge is 0.174 e. The fourth-order valence-corrected chi connectivity index (χ4v) is 4.32. The van der Waals surface area contributed by atoms with Crippen LogP contribution in [0.1, 0.15) is 17.5 Å². The van der Waals surface area contributed by atoms with Crippen molar-refractivity contribution in [3.63, 3.8) is 0 Å². The third kappa shape index (κ3) is 4.58. The number of methoxy groups -OCH3 is 2. The third-order valence-electron chi connectivity index (χ3n) is 5.02. The number of piperidine rings is 1. The fraction of sp³-hybridized carbons (Fsp3) is 0.429. The summed E-state index contributed by atoms with van der Waals surface area (Å²) < 4.78 is 11.7. The molecule has 3 rings (SSSR count). The molecule has 4 nitrogen and oxygen atoms in total. The van der Waals surface area contributed by atoms with E-state index in [4.69, 9.17) is 9.47 Å². The van der Waals surface area contributed by atoms with Crippen molar-refractivity contribution in [2.75, 3.05) is 27.3 Å². The molecule has 2 atom stereocenters. The molecule has 0 radical (unpaired) electrons. The Morgan fingerprint density at radius 3 is 2.58 bits per heavy atom. The molecule has 0 aromatic heterocycles. The van der Waals surface area contributed by atoms with Crippen LogP contribution in [0, 0.1) is 5.92 Å². The number of hydrogen-bond acceptors (Lipinski definition) is 4. The molecule has 1 saturated heterocycles. The van der Waals surface area contributed by atoms with Crippen molar-refractivity contribution in [3.05, 3.63) is 58.1 Å². The molecule has 2 aromatic rings. The van der Waals surface area contributed by atoms with Gasteiger partial charge in [-0.25, -0.2) is 0 Å². The molecule has 1 aliphatic rings. The molecule has 26 heavy (non-hydrogen) atoms. The largest absolute Gasteiger partial charge is 0.493 e. The maximum Gasteiger partial charge on any atom is 0.174 e. The van der Waals surface area contributed by atoms with Crippen LogP contribution in [0.15, 0.2) is 46.9 Å². The van der Waals surface area contributed by atoms with E-state index in [2.05, 4.69) is 51.2 Å². The Balaban J connectivity index is 1.70. The zero-order valence-electron chi connectivity index (χ0n) is 15.3. The van der Waals surface area contributed by atoms with Gasteiger partial charge in [-0.3, -0.25) is 4.90 Å². The van der Waals surface area contributed by atoms with Gasteiger partial charge >= 0.3 is 0 Å². The summed E-state index contributed by atoms with van der Waals surface area (Å²) >= 11 is 3.56. The number of ether oxygens (including phenoxy) is 2. The molecule has 5 heteroatoms. The van der Waals surface area contributed by atoms with Gasteiger partial charge in [-0.15, -0.1) is 0 Å². The first-order chi connectivity index (χ1) is 12.6. The Hall–Kier alpha value is -1.56. The molecule has 0 bridgehead atoms. The van der Waals surface area contributed by atoms with Gasteiger partial charge in [0.1, 0.15) is 0 Å². The van der Waals surface area contributed by atoms with E-state index in [-0.39, 0.29) is 12.0 Å². The molecule has 0 saturated carbocycles. The maximum absolute atomic E-state index is 10.5. The van der Waals surface area contributed by atoms with Crippen molar-refractivity contribution in [2.24, 2.45) is 5.92 Å². The number of likely N-dealkylation sites (tertiary alicyclic amines) is 1. The van der Waals surface area contributed by atoms with Crippen LogP contribution >= 0.6 is 15.9 Å². The molecule has 140 valence electrons. The van der Waals surface area contributed by atoms with Crippen molar-refractivity contribution < 1.29 is 14.6 Å². The minimum absolute atomic E-state index is 0.206. The number of nitrogens with zero attached hydrogens (tertiary/aromatic N) is 1. The van der Waals surface area contributed by atoms with E-state index < -0.39 is 0 Å². The van der Waals surface area contributed by atoms with Crippen LogP contribution < -0.4 is 9.47 Å². The van der Waals surface area contributed by atoms with Crippen molar-refractivity contribution in [1.82, 2.24) is 4.90 Å². The lowest BCUT2D eigenvalue weighted by Crippen LogP contribution is -2.43. The monoisotopic (exact) mass is 419 g/mol. The van der Waals surface area contributed by atoms with E-state index in [1.807, 2.05) is 12.1 Å². The molecular weight excluding hydrogens is 394 g/mol. The van der Waals surface area contributed by atoms with Gasteiger partial charge in [-0.05, 0) is 52.0 Å². The van der Waals surface area contributed by atoms with Gasteiger partial charge in [0.15, 0.2) is 11.5 Å². The van der Waals surface area contributed by atoms with E-state index in [1.165, 1.54) is 5.56 Å². The van der Waals surface area contributed by atoms with E-state index in [9.17, 15) is 5.11 Å². The molecule has 2 aromatic carbocycles. The number of hydrogen-bond donors (Lipinski definition) is 1. The highest BCUT2D eigenvalue weighted by Crippen LogP contribution is 2.37. The summed E-state index contributed by atoms with van der Waals surface area (Å²) in [6.07, 6.45) is 1.35. The second kappa shape index (κ2) is 8.89. The van der Waals surface area contributed by atoms with Crippen molar-refractivity contribution in [1.29, 1.82) is 0 Å². The first-order valence-corrected chi connectivity index (χ1v) is 9.74. The molecule has 0 amide bonds. The molecule has 1 N–H and O–H groups in total. The first kappa shape index (κ1) is 19.2. The van der Waals surface area contributed by atoms with Crippen LogP contribution in [0.3, 0.4) is 0 Å². The number of aliphatic hydroxyl groups is 1. The summed E-state index contributed by atoms with van der Waals surface area (Å²) in [6.45, 7) is 2.75. The predicted molar refractivity (Wildman–Crippen MR) is 107 cm³/mol. The Labute approximate surface area is 163 Å². The molecule has 0 spiro atoms. The SMILES string of the molecule is COc1cc(CC2CN(Cc3ccccc3)CCC2O)cc(Br)c1OC. The lowest BCUT2D eigenvalue weighted by atomic mass is 9.88. The highest BCUT2D eigenvalue weighted by Gasteiger charge is 2.28. The molecular formula is C21H26BrNO3. The summed E-state index contributed by atoms with van der Waals surface area (Å²) in [5.41, 5.74) is 2.46. The molecule has 1 heterocycles. The van der Waals surface area contributed by atoms with Crippen molar-refractivity contribution >= 4 is 15.9 Å². The van der Waals surface area contributed by atoms with Gasteiger partial charge < -0.3 is 14.6 Å². The summed E-state index contributed by atoms with van der Waals surface area (Å²) in [5, 5.41) is 10.5.